The molecule has 1 aromatic rings. The largest absolute Gasteiger partial charge is 0.340 e. The SMILES string of the molecule is Cc1ccc(CN(C)C(=O)CNC2CC2)c(C)c1. The second-order valence-electron chi connectivity index (χ2n) is 5.33. The Morgan fingerprint density at radius 3 is 2.72 bits per heavy atom. The normalized spacial score (nSPS) is 14.6. The number of nitrogens with zero attached hydrogens (tertiary/aromatic N) is 1. The molecule has 2 rings (SSSR count). The van der Waals surface area contributed by atoms with Crippen LogP contribution in [0.4, 0.5) is 0 Å². The number of nitrogens with one attached hydrogen (secondary N) is 1. The molecule has 18 heavy (non-hydrogen) atoms. The molecule has 1 amide bonds. The van der Waals surface area contributed by atoms with Gasteiger partial charge in [0.25, 0.3) is 0 Å². The van der Waals surface area contributed by atoms with Crippen LogP contribution in [0.25, 0.3) is 0 Å². The van der Waals surface area contributed by atoms with E-state index in [1.807, 2.05) is 7.05 Å². The summed E-state index contributed by atoms with van der Waals surface area (Å²) in [7, 11) is 1.87. The van der Waals surface area contributed by atoms with E-state index < -0.39 is 0 Å². The first-order valence-corrected chi connectivity index (χ1v) is 6.60. The van der Waals surface area contributed by atoms with E-state index in [1.54, 1.807) is 4.90 Å². The molecule has 0 spiro atoms. The van der Waals surface area contributed by atoms with Crippen LogP contribution in [0.15, 0.2) is 18.2 Å². The summed E-state index contributed by atoms with van der Waals surface area (Å²) in [6.45, 7) is 5.34. The standard InChI is InChI=1S/C15H22N2O/c1-11-4-5-13(12(2)8-11)10-17(3)15(18)9-16-14-6-7-14/h4-5,8,14,16H,6-7,9-10H2,1-3H3. The van der Waals surface area contributed by atoms with Crippen LogP contribution in [0.2, 0.25) is 0 Å². The Labute approximate surface area is 109 Å². The average Bonchev–Trinajstić information content (AvgIpc) is 3.13. The number of likely N-dealkylation sites (N-methyl/N-ethyl adjacent to an activating group) is 1. The van der Waals surface area contributed by atoms with E-state index in [2.05, 4.69) is 37.4 Å². The van der Waals surface area contributed by atoms with Crippen molar-refractivity contribution in [2.45, 2.75) is 39.3 Å². The van der Waals surface area contributed by atoms with E-state index in [1.165, 1.54) is 29.5 Å². The molecule has 3 heteroatoms. The molecule has 1 aliphatic rings. The van der Waals surface area contributed by atoms with E-state index in [9.17, 15) is 4.79 Å². The fourth-order valence-corrected chi connectivity index (χ4v) is 2.02. The van der Waals surface area contributed by atoms with E-state index in [0.29, 0.717) is 19.1 Å². The molecule has 0 bridgehead atoms. The molecule has 0 radical (unpaired) electrons. The number of carbonyl (C=O) groups excluding carboxylic acids is 1. The Hall–Kier alpha value is -1.35. The van der Waals surface area contributed by atoms with Crippen molar-refractivity contribution in [3.05, 3.63) is 34.9 Å². The first-order valence-electron chi connectivity index (χ1n) is 6.60. The first-order chi connectivity index (χ1) is 8.56. The van der Waals surface area contributed by atoms with Gasteiger partial charge < -0.3 is 10.2 Å². The topological polar surface area (TPSA) is 32.3 Å². The van der Waals surface area contributed by atoms with Gasteiger partial charge in [0.2, 0.25) is 5.91 Å². The second kappa shape index (κ2) is 5.53. The van der Waals surface area contributed by atoms with Crippen molar-refractivity contribution in [3.8, 4) is 0 Å². The number of benzene rings is 1. The maximum absolute atomic E-state index is 11.9. The Morgan fingerprint density at radius 1 is 1.39 bits per heavy atom. The molecule has 1 fully saturated rings. The third kappa shape index (κ3) is 3.57. The molecule has 98 valence electrons. The van der Waals surface area contributed by atoms with Crippen molar-refractivity contribution in [1.29, 1.82) is 0 Å². The van der Waals surface area contributed by atoms with Crippen molar-refractivity contribution >= 4 is 5.91 Å². The fourth-order valence-electron chi connectivity index (χ4n) is 2.02. The minimum atomic E-state index is 0.168. The fraction of sp³-hybridized carbons (Fsp3) is 0.533. The molecule has 0 saturated heterocycles. The summed E-state index contributed by atoms with van der Waals surface area (Å²) >= 11 is 0. The average molecular weight is 246 g/mol. The Bertz CT molecular complexity index is 438. The Kier molecular flexibility index (Phi) is 4.02. The van der Waals surface area contributed by atoms with E-state index in [-0.39, 0.29) is 5.91 Å². The third-order valence-corrected chi connectivity index (χ3v) is 3.45. The molecule has 1 saturated carbocycles. The predicted molar refractivity (Wildman–Crippen MR) is 73.4 cm³/mol. The highest BCUT2D eigenvalue weighted by Crippen LogP contribution is 2.18. The van der Waals surface area contributed by atoms with Crippen LogP contribution in [-0.2, 0) is 11.3 Å². The van der Waals surface area contributed by atoms with Gasteiger partial charge in [-0.2, -0.15) is 0 Å². The predicted octanol–water partition coefficient (Wildman–Crippen LogP) is 2.01. The van der Waals surface area contributed by atoms with Crippen molar-refractivity contribution in [1.82, 2.24) is 10.2 Å². The van der Waals surface area contributed by atoms with Gasteiger partial charge in [-0.15, -0.1) is 0 Å². The minimum absolute atomic E-state index is 0.168. The number of rotatable bonds is 5. The van der Waals surface area contributed by atoms with Crippen LogP contribution in [-0.4, -0.2) is 30.4 Å². The van der Waals surface area contributed by atoms with Crippen molar-refractivity contribution in [3.63, 3.8) is 0 Å². The van der Waals surface area contributed by atoms with E-state index in [4.69, 9.17) is 0 Å². The number of hydrogen-bond donors (Lipinski definition) is 1. The zero-order valence-corrected chi connectivity index (χ0v) is 11.5. The molecular weight excluding hydrogens is 224 g/mol. The summed E-state index contributed by atoms with van der Waals surface area (Å²) in [5.74, 6) is 0.168. The molecule has 0 atom stereocenters. The third-order valence-electron chi connectivity index (χ3n) is 3.45. The lowest BCUT2D eigenvalue weighted by atomic mass is 10.1. The smallest absolute Gasteiger partial charge is 0.236 e. The number of aryl methyl sites for hydroxylation is 2. The molecule has 1 aromatic carbocycles. The summed E-state index contributed by atoms with van der Waals surface area (Å²) in [5, 5.41) is 3.26. The quantitative estimate of drug-likeness (QED) is 0.862. The summed E-state index contributed by atoms with van der Waals surface area (Å²) in [4.78, 5) is 13.7. The van der Waals surface area contributed by atoms with Gasteiger partial charge in [-0.25, -0.2) is 0 Å². The highest BCUT2D eigenvalue weighted by Gasteiger charge is 2.22. The minimum Gasteiger partial charge on any atom is -0.340 e. The molecule has 0 aromatic heterocycles. The number of hydrogen-bond acceptors (Lipinski definition) is 2. The van der Waals surface area contributed by atoms with Gasteiger partial charge in [0.15, 0.2) is 0 Å². The number of amides is 1. The highest BCUT2D eigenvalue weighted by atomic mass is 16.2. The molecule has 0 heterocycles. The van der Waals surface area contributed by atoms with Crippen molar-refractivity contribution < 1.29 is 4.79 Å². The van der Waals surface area contributed by atoms with Gasteiger partial charge in [0.1, 0.15) is 0 Å². The molecule has 1 aliphatic carbocycles. The molecule has 0 unspecified atom stereocenters. The summed E-state index contributed by atoms with van der Waals surface area (Å²) in [5.41, 5.74) is 3.74. The lowest BCUT2D eigenvalue weighted by molar-refractivity contribution is -0.129. The van der Waals surface area contributed by atoms with Crippen LogP contribution in [0.5, 0.6) is 0 Å². The van der Waals surface area contributed by atoms with Crippen LogP contribution in [0.1, 0.15) is 29.5 Å². The van der Waals surface area contributed by atoms with Gasteiger partial charge in [0.05, 0.1) is 6.54 Å². The molecule has 0 aliphatic heterocycles. The molecule has 3 nitrogen and oxygen atoms in total. The summed E-state index contributed by atoms with van der Waals surface area (Å²) < 4.78 is 0. The second-order valence-corrected chi connectivity index (χ2v) is 5.33. The zero-order chi connectivity index (χ0) is 13.1. The maximum atomic E-state index is 11.9. The lowest BCUT2D eigenvalue weighted by Gasteiger charge is -2.19. The Morgan fingerprint density at radius 2 is 2.11 bits per heavy atom. The highest BCUT2D eigenvalue weighted by molar-refractivity contribution is 5.78. The maximum Gasteiger partial charge on any atom is 0.236 e. The molecular formula is C15H22N2O. The zero-order valence-electron chi connectivity index (χ0n) is 11.5. The van der Waals surface area contributed by atoms with Crippen LogP contribution >= 0.6 is 0 Å². The molecule has 1 N–H and O–H groups in total. The lowest BCUT2D eigenvalue weighted by Crippen LogP contribution is -2.36. The number of carbonyl (C=O) groups is 1. The van der Waals surface area contributed by atoms with E-state index in [0.717, 1.165) is 0 Å². The van der Waals surface area contributed by atoms with Crippen LogP contribution < -0.4 is 5.32 Å². The van der Waals surface area contributed by atoms with Crippen molar-refractivity contribution in [2.24, 2.45) is 0 Å². The van der Waals surface area contributed by atoms with Gasteiger partial charge in [-0.05, 0) is 37.8 Å². The van der Waals surface area contributed by atoms with Crippen LogP contribution in [0.3, 0.4) is 0 Å². The Balaban J connectivity index is 1.88. The monoisotopic (exact) mass is 246 g/mol. The van der Waals surface area contributed by atoms with Gasteiger partial charge in [0, 0.05) is 19.6 Å². The van der Waals surface area contributed by atoms with Crippen LogP contribution in [0, 0.1) is 13.8 Å². The summed E-state index contributed by atoms with van der Waals surface area (Å²) in [6.07, 6.45) is 2.43. The summed E-state index contributed by atoms with van der Waals surface area (Å²) in [6, 6.07) is 6.96. The van der Waals surface area contributed by atoms with Gasteiger partial charge in [-0.1, -0.05) is 23.8 Å². The van der Waals surface area contributed by atoms with Gasteiger partial charge >= 0.3 is 0 Å². The van der Waals surface area contributed by atoms with Crippen molar-refractivity contribution in [2.75, 3.05) is 13.6 Å². The van der Waals surface area contributed by atoms with Gasteiger partial charge in [-0.3, -0.25) is 4.79 Å². The van der Waals surface area contributed by atoms with E-state index >= 15 is 0 Å². The first kappa shape index (κ1) is 13.1.